The summed E-state index contributed by atoms with van der Waals surface area (Å²) in [5.74, 6) is -1.88. The van der Waals surface area contributed by atoms with Crippen LogP contribution < -0.4 is 0 Å². The van der Waals surface area contributed by atoms with Gasteiger partial charge in [0.1, 0.15) is 0 Å². The Morgan fingerprint density at radius 1 is 1.06 bits per heavy atom. The van der Waals surface area contributed by atoms with Crippen LogP contribution in [0.25, 0.3) is 0 Å². The van der Waals surface area contributed by atoms with Crippen LogP contribution in [0.3, 0.4) is 0 Å². The molecule has 0 aromatic rings. The molecule has 0 aliphatic heterocycles. The monoisotopic (exact) mass is 260 g/mol. The van der Waals surface area contributed by atoms with Crippen molar-refractivity contribution in [2.45, 2.75) is 66.2 Å². The molecule has 4 nitrogen and oxygen atoms in total. The fourth-order valence-corrected chi connectivity index (χ4v) is 1.37. The maximum atomic E-state index is 11.0. The molecule has 0 aliphatic rings. The molecule has 0 heterocycles. The van der Waals surface area contributed by atoms with E-state index in [4.69, 9.17) is 9.84 Å². The van der Waals surface area contributed by atoms with Gasteiger partial charge in [0.15, 0.2) is 0 Å². The number of carbonyl (C=O) groups is 2. The van der Waals surface area contributed by atoms with Crippen molar-refractivity contribution in [1.29, 1.82) is 0 Å². The highest BCUT2D eigenvalue weighted by atomic mass is 16.5. The van der Waals surface area contributed by atoms with Gasteiger partial charge in [-0.1, -0.05) is 46.5 Å². The smallest absolute Gasteiger partial charge is 0.309 e. The van der Waals surface area contributed by atoms with Crippen LogP contribution in [0.2, 0.25) is 0 Å². The standard InChI is InChI=1S/C8H14O4.C6H14/c1-3-6(5-7(9)10)8(11)12-4-2;1-3-5-6-4-2/h6H,3-5H2,1-2H3,(H,9,10);3-6H2,1-2H3. The summed E-state index contributed by atoms with van der Waals surface area (Å²) in [7, 11) is 0. The SMILES string of the molecule is CCCCCC.CCOC(=O)C(CC)CC(=O)O. The number of hydrogen-bond acceptors (Lipinski definition) is 3. The average molecular weight is 260 g/mol. The van der Waals surface area contributed by atoms with Crippen LogP contribution in [-0.2, 0) is 14.3 Å². The fraction of sp³-hybridized carbons (Fsp3) is 0.857. The van der Waals surface area contributed by atoms with E-state index in [1.165, 1.54) is 25.7 Å². The third kappa shape index (κ3) is 13.0. The van der Waals surface area contributed by atoms with E-state index in [9.17, 15) is 9.59 Å². The minimum Gasteiger partial charge on any atom is -0.481 e. The third-order valence-electron chi connectivity index (χ3n) is 2.49. The van der Waals surface area contributed by atoms with E-state index in [0.717, 1.165) is 0 Å². The lowest BCUT2D eigenvalue weighted by Crippen LogP contribution is -2.20. The lowest BCUT2D eigenvalue weighted by Gasteiger charge is -2.09. The van der Waals surface area contributed by atoms with Crippen molar-refractivity contribution in [1.82, 2.24) is 0 Å². The van der Waals surface area contributed by atoms with Crippen LogP contribution in [-0.4, -0.2) is 23.7 Å². The fourth-order valence-electron chi connectivity index (χ4n) is 1.37. The molecule has 0 aliphatic carbocycles. The maximum Gasteiger partial charge on any atom is 0.309 e. The molecule has 108 valence electrons. The molecule has 0 saturated carbocycles. The molecule has 1 unspecified atom stereocenters. The van der Waals surface area contributed by atoms with Crippen molar-refractivity contribution >= 4 is 11.9 Å². The number of carbonyl (C=O) groups excluding carboxylic acids is 1. The van der Waals surface area contributed by atoms with Gasteiger partial charge in [0.05, 0.1) is 18.9 Å². The summed E-state index contributed by atoms with van der Waals surface area (Å²) in [6.45, 7) is 8.23. The van der Waals surface area contributed by atoms with Gasteiger partial charge in [-0.2, -0.15) is 0 Å². The Hall–Kier alpha value is -1.06. The van der Waals surface area contributed by atoms with Crippen LogP contribution >= 0.6 is 0 Å². The normalized spacial score (nSPS) is 11.1. The number of rotatable bonds is 8. The lowest BCUT2D eigenvalue weighted by atomic mass is 10.0. The molecule has 0 radical (unpaired) electrons. The highest BCUT2D eigenvalue weighted by Gasteiger charge is 2.20. The molecule has 0 aromatic carbocycles. The number of carboxylic acids is 1. The molecule has 0 bridgehead atoms. The molecule has 0 saturated heterocycles. The van der Waals surface area contributed by atoms with E-state index in [-0.39, 0.29) is 6.42 Å². The van der Waals surface area contributed by atoms with Crippen LogP contribution in [0.15, 0.2) is 0 Å². The summed E-state index contributed by atoms with van der Waals surface area (Å²) in [6.07, 6.45) is 5.90. The average Bonchev–Trinajstić information content (AvgIpc) is 2.34. The van der Waals surface area contributed by atoms with Crippen molar-refractivity contribution in [3.05, 3.63) is 0 Å². The van der Waals surface area contributed by atoms with Gasteiger partial charge in [0.2, 0.25) is 0 Å². The molecular formula is C14H28O4. The minimum absolute atomic E-state index is 0.144. The van der Waals surface area contributed by atoms with E-state index in [1.807, 2.05) is 0 Å². The van der Waals surface area contributed by atoms with Crippen molar-refractivity contribution in [2.75, 3.05) is 6.61 Å². The maximum absolute atomic E-state index is 11.0. The van der Waals surface area contributed by atoms with E-state index in [0.29, 0.717) is 13.0 Å². The Morgan fingerprint density at radius 3 is 1.83 bits per heavy atom. The topological polar surface area (TPSA) is 63.6 Å². The second-order valence-corrected chi connectivity index (χ2v) is 4.16. The first-order valence-electron chi connectivity index (χ1n) is 6.91. The number of carboxylic acid groups (broad SMARTS) is 1. The zero-order valence-electron chi connectivity index (χ0n) is 12.2. The summed E-state index contributed by atoms with van der Waals surface area (Å²) in [5, 5.41) is 8.42. The van der Waals surface area contributed by atoms with Crippen LogP contribution in [0, 0.1) is 5.92 Å². The van der Waals surface area contributed by atoms with Crippen molar-refractivity contribution < 1.29 is 19.4 Å². The summed E-state index contributed by atoms with van der Waals surface area (Å²) in [5.41, 5.74) is 0. The van der Waals surface area contributed by atoms with E-state index < -0.39 is 17.9 Å². The summed E-state index contributed by atoms with van der Waals surface area (Å²) < 4.78 is 4.69. The van der Waals surface area contributed by atoms with Gasteiger partial charge in [-0.3, -0.25) is 9.59 Å². The predicted molar refractivity (Wildman–Crippen MR) is 72.5 cm³/mol. The number of esters is 1. The number of aliphatic carboxylic acids is 1. The molecule has 1 N–H and O–H groups in total. The highest BCUT2D eigenvalue weighted by molar-refractivity contribution is 5.78. The number of unbranched alkanes of at least 4 members (excludes halogenated alkanes) is 3. The number of ether oxygens (including phenoxy) is 1. The third-order valence-corrected chi connectivity index (χ3v) is 2.49. The lowest BCUT2D eigenvalue weighted by molar-refractivity contribution is -0.152. The van der Waals surface area contributed by atoms with E-state index >= 15 is 0 Å². The first kappa shape index (κ1) is 19.3. The van der Waals surface area contributed by atoms with Crippen LogP contribution in [0.4, 0.5) is 0 Å². The molecule has 18 heavy (non-hydrogen) atoms. The minimum atomic E-state index is -0.963. The van der Waals surface area contributed by atoms with E-state index in [1.54, 1.807) is 13.8 Å². The van der Waals surface area contributed by atoms with Gasteiger partial charge in [0, 0.05) is 0 Å². The zero-order chi connectivity index (χ0) is 14.4. The molecule has 0 amide bonds. The predicted octanol–water partition coefficient (Wildman–Crippen LogP) is 3.64. The first-order valence-corrected chi connectivity index (χ1v) is 6.91. The Bertz CT molecular complexity index is 210. The highest BCUT2D eigenvalue weighted by Crippen LogP contribution is 2.10. The van der Waals surface area contributed by atoms with Gasteiger partial charge in [-0.25, -0.2) is 0 Å². The molecule has 0 rings (SSSR count). The quantitative estimate of drug-likeness (QED) is 0.534. The Morgan fingerprint density at radius 2 is 1.56 bits per heavy atom. The second kappa shape index (κ2) is 14.0. The molecule has 4 heteroatoms. The summed E-state index contributed by atoms with van der Waals surface area (Å²) in [6, 6.07) is 0. The molecular weight excluding hydrogens is 232 g/mol. The molecule has 0 spiro atoms. The van der Waals surface area contributed by atoms with Crippen molar-refractivity contribution in [3.63, 3.8) is 0 Å². The van der Waals surface area contributed by atoms with Gasteiger partial charge >= 0.3 is 11.9 Å². The first-order chi connectivity index (χ1) is 8.53. The molecule has 1 atom stereocenters. The van der Waals surface area contributed by atoms with Crippen LogP contribution in [0.5, 0.6) is 0 Å². The van der Waals surface area contributed by atoms with Crippen LogP contribution in [0.1, 0.15) is 66.2 Å². The Kier molecular flexibility index (Phi) is 15.0. The van der Waals surface area contributed by atoms with Crippen molar-refractivity contribution in [3.8, 4) is 0 Å². The second-order valence-electron chi connectivity index (χ2n) is 4.16. The van der Waals surface area contributed by atoms with Gasteiger partial charge in [-0.05, 0) is 13.3 Å². The summed E-state index contributed by atoms with van der Waals surface area (Å²) in [4.78, 5) is 21.3. The Balaban J connectivity index is 0. The molecule has 0 fully saturated rings. The summed E-state index contributed by atoms with van der Waals surface area (Å²) >= 11 is 0. The number of hydrogen-bond donors (Lipinski definition) is 1. The molecule has 0 aromatic heterocycles. The Labute approximate surface area is 111 Å². The van der Waals surface area contributed by atoms with Gasteiger partial charge in [-0.15, -0.1) is 0 Å². The largest absolute Gasteiger partial charge is 0.481 e. The zero-order valence-corrected chi connectivity index (χ0v) is 12.2. The van der Waals surface area contributed by atoms with Gasteiger partial charge in [0.25, 0.3) is 0 Å². The van der Waals surface area contributed by atoms with E-state index in [2.05, 4.69) is 13.8 Å². The van der Waals surface area contributed by atoms with Crippen molar-refractivity contribution in [2.24, 2.45) is 5.92 Å². The van der Waals surface area contributed by atoms with Gasteiger partial charge < -0.3 is 9.84 Å².